The SMILES string of the molecule is C=C(CCC1=Cc2cc(Nc3nc(N4CCC(CN5CCC(c6ccc7c(N8CCC(=C)NC8=C)nn(C)c7c6)CC5)CC4)ncc3Cl)cnc2N(C(C)C)C1=C)NC. The number of piperidine rings is 2. The zero-order valence-corrected chi connectivity index (χ0v) is 36.0. The summed E-state index contributed by atoms with van der Waals surface area (Å²) in [7, 11) is 3.95. The van der Waals surface area contributed by atoms with Crippen LogP contribution in [0.2, 0.25) is 5.02 Å². The zero-order valence-electron chi connectivity index (χ0n) is 35.2. The molecule has 3 aromatic heterocycles. The fourth-order valence-electron chi connectivity index (χ4n) is 9.11. The van der Waals surface area contributed by atoms with Crippen LogP contribution in [0.4, 0.5) is 29.1 Å². The molecule has 7 heterocycles. The first kappa shape index (κ1) is 40.4. The van der Waals surface area contributed by atoms with Gasteiger partial charge in [-0.05, 0) is 113 Å². The Balaban J connectivity index is 0.853. The van der Waals surface area contributed by atoms with Crippen LogP contribution < -0.4 is 30.7 Å². The van der Waals surface area contributed by atoms with Crippen molar-refractivity contribution in [1.29, 1.82) is 0 Å². The summed E-state index contributed by atoms with van der Waals surface area (Å²) in [5, 5.41) is 16.5. The lowest BCUT2D eigenvalue weighted by Gasteiger charge is -2.38. The fraction of sp³-hybridized carbons (Fsp3) is 0.435. The average Bonchev–Trinajstić information content (AvgIpc) is 3.56. The van der Waals surface area contributed by atoms with E-state index in [1.165, 1.54) is 34.9 Å². The minimum atomic E-state index is 0.208. The van der Waals surface area contributed by atoms with Crippen molar-refractivity contribution < 1.29 is 0 Å². The maximum absolute atomic E-state index is 6.68. The number of aromatic nitrogens is 5. The molecule has 0 spiro atoms. The van der Waals surface area contributed by atoms with Gasteiger partial charge in [-0.2, -0.15) is 10.1 Å². The molecule has 0 atom stereocenters. The van der Waals surface area contributed by atoms with Gasteiger partial charge in [0.05, 0.1) is 23.6 Å². The number of nitrogens with zero attached hydrogens (tertiary/aromatic N) is 9. The highest BCUT2D eigenvalue weighted by Gasteiger charge is 2.29. The lowest BCUT2D eigenvalue weighted by atomic mass is 9.88. The third-order valence-corrected chi connectivity index (χ3v) is 12.8. The average molecular weight is 816 g/mol. The number of likely N-dealkylation sites (tertiary alicyclic amines) is 1. The summed E-state index contributed by atoms with van der Waals surface area (Å²) in [5.41, 5.74) is 8.61. The van der Waals surface area contributed by atoms with E-state index in [2.05, 4.69) is 111 Å². The van der Waals surface area contributed by atoms with Crippen molar-refractivity contribution in [3.63, 3.8) is 0 Å². The van der Waals surface area contributed by atoms with Crippen LogP contribution in [0.3, 0.4) is 0 Å². The predicted octanol–water partition coefficient (Wildman–Crippen LogP) is 8.67. The fourth-order valence-corrected chi connectivity index (χ4v) is 9.25. The smallest absolute Gasteiger partial charge is 0.227 e. The van der Waals surface area contributed by atoms with Gasteiger partial charge in [0.25, 0.3) is 0 Å². The number of allylic oxidation sites excluding steroid dienone is 2. The molecule has 59 heavy (non-hydrogen) atoms. The Labute approximate surface area is 354 Å². The third-order valence-electron chi connectivity index (χ3n) is 12.5. The minimum absolute atomic E-state index is 0.208. The van der Waals surface area contributed by atoms with E-state index >= 15 is 0 Å². The van der Waals surface area contributed by atoms with Crippen LogP contribution in [0.25, 0.3) is 17.0 Å². The van der Waals surface area contributed by atoms with Gasteiger partial charge in [0.15, 0.2) is 11.6 Å². The van der Waals surface area contributed by atoms with Crippen LogP contribution in [-0.4, -0.2) is 82.0 Å². The van der Waals surface area contributed by atoms with E-state index in [9.17, 15) is 0 Å². The first-order valence-electron chi connectivity index (χ1n) is 21.1. The van der Waals surface area contributed by atoms with Crippen molar-refractivity contribution in [1.82, 2.24) is 40.3 Å². The quantitative estimate of drug-likeness (QED) is 0.128. The normalized spacial score (nSPS) is 18.4. The molecule has 0 saturated carbocycles. The van der Waals surface area contributed by atoms with Gasteiger partial charge in [0.2, 0.25) is 5.95 Å². The number of halogens is 1. The maximum Gasteiger partial charge on any atom is 0.227 e. The van der Waals surface area contributed by atoms with E-state index < -0.39 is 0 Å². The van der Waals surface area contributed by atoms with Crippen molar-refractivity contribution in [2.24, 2.45) is 13.0 Å². The number of hydrogen-bond donors (Lipinski definition) is 3. The van der Waals surface area contributed by atoms with Crippen molar-refractivity contribution in [3.05, 3.63) is 108 Å². The second-order valence-electron chi connectivity index (χ2n) is 16.9. The number of hydrogen-bond acceptors (Lipinski definition) is 11. The predicted molar refractivity (Wildman–Crippen MR) is 244 cm³/mol. The summed E-state index contributed by atoms with van der Waals surface area (Å²) in [4.78, 5) is 23.8. The Hall–Kier alpha value is -5.33. The molecule has 1 aromatic carbocycles. The van der Waals surface area contributed by atoms with Gasteiger partial charge in [-0.25, -0.2) is 9.97 Å². The minimum Gasteiger partial charge on any atom is -0.392 e. The van der Waals surface area contributed by atoms with Gasteiger partial charge in [-0.15, -0.1) is 0 Å². The monoisotopic (exact) mass is 814 g/mol. The summed E-state index contributed by atoms with van der Waals surface area (Å²) in [6.07, 6.45) is 12.9. The van der Waals surface area contributed by atoms with Crippen LogP contribution >= 0.6 is 11.6 Å². The van der Waals surface area contributed by atoms with E-state index in [-0.39, 0.29) is 6.04 Å². The molecule has 4 aromatic rings. The number of aryl methyl sites for hydroxylation is 1. The summed E-state index contributed by atoms with van der Waals surface area (Å²) < 4.78 is 2.02. The van der Waals surface area contributed by atoms with Crippen molar-refractivity contribution in [3.8, 4) is 0 Å². The molecule has 3 fully saturated rings. The lowest BCUT2D eigenvalue weighted by Crippen LogP contribution is -2.41. The van der Waals surface area contributed by atoms with Gasteiger partial charge in [0, 0.05) is 80.8 Å². The number of nitrogens with one attached hydrogen (secondary N) is 3. The first-order chi connectivity index (χ1) is 28.4. The number of fused-ring (bicyclic) bond motifs is 2. The molecule has 0 amide bonds. The highest BCUT2D eigenvalue weighted by atomic mass is 35.5. The van der Waals surface area contributed by atoms with E-state index in [0.717, 1.165) is 117 Å². The Morgan fingerprint density at radius 3 is 2.49 bits per heavy atom. The molecule has 0 aliphatic carbocycles. The van der Waals surface area contributed by atoms with E-state index in [1.54, 1.807) is 6.20 Å². The van der Waals surface area contributed by atoms with Gasteiger partial charge in [0.1, 0.15) is 16.7 Å². The Kier molecular flexibility index (Phi) is 11.7. The topological polar surface area (TPSA) is 106 Å². The van der Waals surface area contributed by atoms with Crippen LogP contribution in [-0.2, 0) is 7.05 Å². The lowest BCUT2D eigenvalue weighted by molar-refractivity contribution is 0.170. The van der Waals surface area contributed by atoms with E-state index in [0.29, 0.717) is 28.6 Å². The van der Waals surface area contributed by atoms with Crippen LogP contribution in [0.1, 0.15) is 75.8 Å². The van der Waals surface area contributed by atoms with Crippen LogP contribution in [0.5, 0.6) is 0 Å². The van der Waals surface area contributed by atoms with E-state index in [1.807, 2.05) is 25.0 Å². The summed E-state index contributed by atoms with van der Waals surface area (Å²) in [6, 6.07) is 9.26. The molecule has 310 valence electrons. The van der Waals surface area contributed by atoms with Gasteiger partial charge >= 0.3 is 0 Å². The number of rotatable bonds is 12. The molecule has 0 bridgehead atoms. The number of anilines is 5. The molecule has 0 radical (unpaired) electrons. The van der Waals surface area contributed by atoms with Crippen LogP contribution in [0.15, 0.2) is 91.5 Å². The summed E-state index contributed by atoms with van der Waals surface area (Å²) in [5.74, 6) is 5.21. The second-order valence-corrected chi connectivity index (χ2v) is 17.3. The Morgan fingerprint density at radius 1 is 0.983 bits per heavy atom. The zero-order chi connectivity index (χ0) is 41.4. The molecular formula is C46H59ClN12. The van der Waals surface area contributed by atoms with Crippen molar-refractivity contribution in [2.45, 2.75) is 70.8 Å². The van der Waals surface area contributed by atoms with E-state index in [4.69, 9.17) is 26.7 Å². The number of benzene rings is 1. The molecule has 4 aliphatic heterocycles. The molecule has 13 heteroatoms. The molecule has 8 rings (SSSR count). The number of pyridine rings is 1. The Morgan fingerprint density at radius 2 is 1.76 bits per heavy atom. The molecule has 3 saturated heterocycles. The largest absolute Gasteiger partial charge is 0.392 e. The Bertz CT molecular complexity index is 2290. The first-order valence-corrected chi connectivity index (χ1v) is 21.5. The summed E-state index contributed by atoms with van der Waals surface area (Å²) >= 11 is 6.68. The highest BCUT2D eigenvalue weighted by Crippen LogP contribution is 2.39. The molecule has 3 N–H and O–H groups in total. The van der Waals surface area contributed by atoms with Crippen LogP contribution in [0, 0.1) is 5.92 Å². The maximum atomic E-state index is 6.68. The van der Waals surface area contributed by atoms with Gasteiger partial charge < -0.3 is 35.6 Å². The van der Waals surface area contributed by atoms with Gasteiger partial charge in [-0.1, -0.05) is 44.0 Å². The van der Waals surface area contributed by atoms with Crippen molar-refractivity contribution in [2.75, 3.05) is 66.3 Å². The highest BCUT2D eigenvalue weighted by molar-refractivity contribution is 6.32. The molecular weight excluding hydrogens is 756 g/mol. The van der Waals surface area contributed by atoms with Crippen molar-refractivity contribution >= 4 is 57.7 Å². The standard InChI is InChI=1S/C46H59ClN12/c1-29(2)59-32(5)36(10-9-30(3)48-7)23-38-24-39(26-49-44(38)59)52-43-41(47)27-50-46(53-43)57-20-14-34(15-21-57)28-56-18-16-35(17-19-56)37-11-12-40-42(25-37)55(8)54-45(40)58-22-13-31(4)51-33(58)6/h11-12,23-27,29,34-35,48,51H,3-6,9-10,13-22,28H2,1-2,7-8H3,(H,50,52,53). The molecule has 4 aliphatic rings. The second kappa shape index (κ2) is 17.1. The van der Waals surface area contributed by atoms with Gasteiger partial charge in [-0.3, -0.25) is 4.68 Å². The summed E-state index contributed by atoms with van der Waals surface area (Å²) in [6.45, 7) is 27.2. The molecule has 0 unspecified atom stereocenters. The third kappa shape index (κ3) is 8.56. The molecule has 12 nitrogen and oxygen atoms in total.